The summed E-state index contributed by atoms with van der Waals surface area (Å²) in [5.41, 5.74) is 0.172. The summed E-state index contributed by atoms with van der Waals surface area (Å²) < 4.78 is 0. The molecule has 1 aliphatic rings. The Balaban J connectivity index is 2.54. The lowest BCUT2D eigenvalue weighted by molar-refractivity contribution is -0.129. The van der Waals surface area contributed by atoms with Gasteiger partial charge in [0.05, 0.1) is 6.10 Å². The zero-order chi connectivity index (χ0) is 13.2. The lowest BCUT2D eigenvalue weighted by atomic mass is 9.80. The van der Waals surface area contributed by atoms with E-state index in [4.69, 9.17) is 0 Å². The zero-order valence-corrected chi connectivity index (χ0v) is 11.9. The number of amides is 1. The first-order valence-electron chi connectivity index (χ1n) is 6.71. The predicted molar refractivity (Wildman–Crippen MR) is 69.6 cm³/mol. The van der Waals surface area contributed by atoms with Gasteiger partial charge in [0.1, 0.15) is 0 Å². The summed E-state index contributed by atoms with van der Waals surface area (Å²) in [5, 5.41) is 9.99. The summed E-state index contributed by atoms with van der Waals surface area (Å²) >= 11 is 0. The minimum atomic E-state index is -0.386. The molecule has 3 nitrogen and oxygen atoms in total. The fourth-order valence-electron chi connectivity index (χ4n) is 2.21. The highest BCUT2D eigenvalue weighted by molar-refractivity contribution is 5.78. The first kappa shape index (κ1) is 14.5. The molecule has 0 aromatic carbocycles. The van der Waals surface area contributed by atoms with Crippen molar-refractivity contribution >= 4 is 5.91 Å². The minimum Gasteiger partial charge on any atom is -0.391 e. The van der Waals surface area contributed by atoms with Gasteiger partial charge < -0.3 is 10.0 Å². The van der Waals surface area contributed by atoms with Crippen LogP contribution in [0.15, 0.2) is 0 Å². The third-order valence-corrected chi connectivity index (χ3v) is 4.15. The minimum absolute atomic E-state index is 0.172. The Morgan fingerprint density at radius 2 is 2.06 bits per heavy atom. The molecule has 1 heterocycles. The molecular formula is C14H27NO2. The molecule has 3 unspecified atom stereocenters. The van der Waals surface area contributed by atoms with E-state index < -0.39 is 0 Å². The van der Waals surface area contributed by atoms with Crippen LogP contribution in [-0.2, 0) is 4.79 Å². The van der Waals surface area contributed by atoms with Gasteiger partial charge in [0, 0.05) is 19.5 Å². The van der Waals surface area contributed by atoms with E-state index in [1.807, 2.05) is 11.8 Å². The second kappa shape index (κ2) is 5.38. The smallest absolute Gasteiger partial charge is 0.223 e. The van der Waals surface area contributed by atoms with Crippen LogP contribution in [0.1, 0.15) is 47.5 Å². The molecule has 1 aliphatic heterocycles. The topological polar surface area (TPSA) is 40.5 Å². The molecule has 0 aliphatic carbocycles. The zero-order valence-electron chi connectivity index (χ0n) is 11.9. The molecule has 0 radical (unpaired) electrons. The highest BCUT2D eigenvalue weighted by atomic mass is 16.3. The average Bonchev–Trinajstić information content (AvgIpc) is 2.58. The van der Waals surface area contributed by atoms with Crippen molar-refractivity contribution in [1.29, 1.82) is 0 Å². The molecule has 100 valence electrons. The monoisotopic (exact) mass is 241 g/mol. The quantitative estimate of drug-likeness (QED) is 0.820. The number of aliphatic hydroxyl groups excluding tert-OH is 1. The molecule has 1 amide bonds. The van der Waals surface area contributed by atoms with Crippen LogP contribution >= 0.6 is 0 Å². The molecule has 0 saturated carbocycles. The summed E-state index contributed by atoms with van der Waals surface area (Å²) in [6.07, 6.45) is 1.20. The fourth-order valence-corrected chi connectivity index (χ4v) is 2.21. The van der Waals surface area contributed by atoms with E-state index in [1.165, 1.54) is 0 Å². The van der Waals surface area contributed by atoms with Crippen molar-refractivity contribution in [2.24, 2.45) is 17.3 Å². The normalized spacial score (nSPS) is 25.2. The van der Waals surface area contributed by atoms with Crippen LogP contribution in [0, 0.1) is 17.3 Å². The van der Waals surface area contributed by atoms with E-state index in [0.717, 1.165) is 13.0 Å². The summed E-state index contributed by atoms with van der Waals surface area (Å²) in [4.78, 5) is 13.7. The molecule has 0 aromatic rings. The Morgan fingerprint density at radius 3 is 2.47 bits per heavy atom. The van der Waals surface area contributed by atoms with Crippen molar-refractivity contribution in [3.63, 3.8) is 0 Å². The molecule has 17 heavy (non-hydrogen) atoms. The van der Waals surface area contributed by atoms with Crippen LogP contribution in [0.4, 0.5) is 0 Å². The van der Waals surface area contributed by atoms with Crippen molar-refractivity contribution < 1.29 is 9.90 Å². The molecule has 1 N–H and O–H groups in total. The second-order valence-corrected chi connectivity index (χ2v) is 6.52. The average molecular weight is 241 g/mol. The van der Waals surface area contributed by atoms with E-state index in [1.54, 1.807) is 0 Å². The van der Waals surface area contributed by atoms with Gasteiger partial charge in [-0.3, -0.25) is 4.79 Å². The lowest BCUT2D eigenvalue weighted by Crippen LogP contribution is -2.37. The number of aliphatic hydroxyl groups is 1. The third kappa shape index (κ3) is 3.70. The maximum Gasteiger partial charge on any atom is 0.223 e. The standard InChI is InChI=1S/C14H27NO2/c1-6-10(2)12(16)9-15-8-11(7-13(15)17)14(3,4)5/h10-12,16H,6-9H2,1-5H3. The molecular weight excluding hydrogens is 214 g/mol. The van der Waals surface area contributed by atoms with Crippen molar-refractivity contribution in [3.8, 4) is 0 Å². The number of nitrogens with zero attached hydrogens (tertiary/aromatic N) is 1. The Morgan fingerprint density at radius 1 is 1.47 bits per heavy atom. The van der Waals surface area contributed by atoms with Gasteiger partial charge in [-0.2, -0.15) is 0 Å². The van der Waals surface area contributed by atoms with Gasteiger partial charge in [0.25, 0.3) is 0 Å². The van der Waals surface area contributed by atoms with Crippen molar-refractivity contribution in [1.82, 2.24) is 4.90 Å². The number of carbonyl (C=O) groups is 1. The summed E-state index contributed by atoms with van der Waals surface area (Å²) in [6, 6.07) is 0. The van der Waals surface area contributed by atoms with E-state index in [-0.39, 0.29) is 23.3 Å². The second-order valence-electron chi connectivity index (χ2n) is 6.52. The number of hydrogen-bond acceptors (Lipinski definition) is 2. The van der Waals surface area contributed by atoms with Crippen molar-refractivity contribution in [3.05, 3.63) is 0 Å². The Bertz CT molecular complexity index is 270. The van der Waals surface area contributed by atoms with Crippen LogP contribution in [0.5, 0.6) is 0 Å². The summed E-state index contributed by atoms with van der Waals surface area (Å²) in [6.45, 7) is 11.9. The highest BCUT2D eigenvalue weighted by Crippen LogP contribution is 2.34. The summed E-state index contributed by atoms with van der Waals surface area (Å²) in [5.74, 6) is 0.878. The Hall–Kier alpha value is -0.570. The highest BCUT2D eigenvalue weighted by Gasteiger charge is 2.37. The number of rotatable bonds is 4. The van der Waals surface area contributed by atoms with E-state index in [0.29, 0.717) is 18.9 Å². The number of carbonyl (C=O) groups excluding carboxylic acids is 1. The van der Waals surface area contributed by atoms with Gasteiger partial charge in [-0.15, -0.1) is 0 Å². The maximum atomic E-state index is 11.9. The van der Waals surface area contributed by atoms with Gasteiger partial charge in [-0.25, -0.2) is 0 Å². The van der Waals surface area contributed by atoms with E-state index >= 15 is 0 Å². The molecule has 0 aromatic heterocycles. The SMILES string of the molecule is CCC(C)C(O)CN1CC(C(C)(C)C)CC1=O. The summed E-state index contributed by atoms with van der Waals surface area (Å²) in [7, 11) is 0. The Kier molecular flexibility index (Phi) is 4.59. The predicted octanol–water partition coefficient (Wildman–Crippen LogP) is 2.29. The van der Waals surface area contributed by atoms with Crippen LogP contribution in [0.2, 0.25) is 0 Å². The first-order valence-corrected chi connectivity index (χ1v) is 6.71. The maximum absolute atomic E-state index is 11.9. The van der Waals surface area contributed by atoms with Crippen LogP contribution in [0.3, 0.4) is 0 Å². The molecule has 0 spiro atoms. The molecule has 1 fully saturated rings. The molecule has 3 heteroatoms. The molecule has 0 bridgehead atoms. The Labute approximate surface area is 105 Å². The van der Waals surface area contributed by atoms with E-state index in [9.17, 15) is 9.90 Å². The lowest BCUT2D eigenvalue weighted by Gasteiger charge is -2.28. The van der Waals surface area contributed by atoms with Gasteiger partial charge in [0.2, 0.25) is 5.91 Å². The van der Waals surface area contributed by atoms with E-state index in [2.05, 4.69) is 27.7 Å². The first-order chi connectivity index (χ1) is 7.75. The van der Waals surface area contributed by atoms with Crippen molar-refractivity contribution in [2.75, 3.05) is 13.1 Å². The molecule has 3 atom stereocenters. The van der Waals surface area contributed by atoms with Crippen LogP contribution < -0.4 is 0 Å². The van der Waals surface area contributed by atoms with Gasteiger partial charge in [-0.05, 0) is 17.3 Å². The fraction of sp³-hybridized carbons (Fsp3) is 0.929. The van der Waals surface area contributed by atoms with Gasteiger partial charge in [0.15, 0.2) is 0 Å². The largest absolute Gasteiger partial charge is 0.391 e. The number of hydrogen-bond donors (Lipinski definition) is 1. The number of likely N-dealkylation sites (tertiary alicyclic amines) is 1. The van der Waals surface area contributed by atoms with Gasteiger partial charge >= 0.3 is 0 Å². The number of β-amino-alcohol motifs (C(OH)–C–C–N with tert-alkyl or cyclic N) is 1. The molecule has 1 saturated heterocycles. The third-order valence-electron chi connectivity index (χ3n) is 4.15. The van der Waals surface area contributed by atoms with Crippen molar-refractivity contribution in [2.45, 2.75) is 53.6 Å². The molecule has 1 rings (SSSR count). The van der Waals surface area contributed by atoms with Gasteiger partial charge in [-0.1, -0.05) is 41.0 Å². The van der Waals surface area contributed by atoms with Crippen LogP contribution in [-0.4, -0.2) is 35.1 Å². The van der Waals surface area contributed by atoms with Crippen LogP contribution in [0.25, 0.3) is 0 Å².